The number of hydrogen-bond donors (Lipinski definition) is 1. The fourth-order valence-electron chi connectivity index (χ4n) is 2.50. The molecule has 0 saturated heterocycles. The van der Waals surface area contributed by atoms with Crippen molar-refractivity contribution in [3.8, 4) is 5.69 Å². The van der Waals surface area contributed by atoms with Gasteiger partial charge in [-0.15, -0.1) is 5.11 Å². The smallest absolute Gasteiger partial charge is 0.151 e. The van der Waals surface area contributed by atoms with Gasteiger partial charge in [0, 0.05) is 39.5 Å². The molecule has 0 aliphatic carbocycles. The number of halogens is 1. The highest BCUT2D eigenvalue weighted by Gasteiger charge is 2.07. The SMILES string of the molecule is Nc1ncc2ccc(Br)cc2c1N=Nc1ccc(-n2ccnc2)cc1. The Morgan fingerprint density at radius 2 is 1.88 bits per heavy atom. The van der Waals surface area contributed by atoms with Crippen LogP contribution in [0.1, 0.15) is 0 Å². The quantitative estimate of drug-likeness (QED) is 0.487. The molecule has 0 radical (unpaired) electrons. The minimum absolute atomic E-state index is 0.351. The Bertz CT molecular complexity index is 1050. The van der Waals surface area contributed by atoms with Crippen LogP contribution in [0.4, 0.5) is 17.2 Å². The highest BCUT2D eigenvalue weighted by Crippen LogP contribution is 2.33. The zero-order chi connectivity index (χ0) is 17.2. The monoisotopic (exact) mass is 392 g/mol. The van der Waals surface area contributed by atoms with Crippen LogP contribution in [-0.4, -0.2) is 14.5 Å². The van der Waals surface area contributed by atoms with Crippen molar-refractivity contribution in [1.29, 1.82) is 0 Å². The number of anilines is 1. The number of nitrogens with zero attached hydrogens (tertiary/aromatic N) is 5. The lowest BCUT2D eigenvalue weighted by Crippen LogP contribution is -1.90. The normalized spacial score (nSPS) is 11.4. The Labute approximate surface area is 152 Å². The van der Waals surface area contributed by atoms with Gasteiger partial charge in [-0.1, -0.05) is 22.0 Å². The Kier molecular flexibility index (Phi) is 3.99. The van der Waals surface area contributed by atoms with Gasteiger partial charge in [-0.3, -0.25) is 0 Å². The molecule has 6 nitrogen and oxygen atoms in total. The number of rotatable bonds is 3. The summed E-state index contributed by atoms with van der Waals surface area (Å²) >= 11 is 3.47. The molecule has 0 amide bonds. The fourth-order valence-corrected chi connectivity index (χ4v) is 2.86. The van der Waals surface area contributed by atoms with Gasteiger partial charge in [0.1, 0.15) is 5.69 Å². The molecule has 2 N–H and O–H groups in total. The zero-order valence-electron chi connectivity index (χ0n) is 13.0. The molecule has 25 heavy (non-hydrogen) atoms. The van der Waals surface area contributed by atoms with Gasteiger partial charge in [0.25, 0.3) is 0 Å². The van der Waals surface area contributed by atoms with Crippen molar-refractivity contribution in [3.05, 3.63) is 71.9 Å². The minimum atomic E-state index is 0.351. The molecule has 0 spiro atoms. The fraction of sp³-hybridized carbons (Fsp3) is 0. The van der Waals surface area contributed by atoms with Gasteiger partial charge in [-0.2, -0.15) is 5.11 Å². The Hall–Kier alpha value is -3.06. The van der Waals surface area contributed by atoms with Gasteiger partial charge in [-0.25, -0.2) is 9.97 Å². The molecule has 0 unspecified atom stereocenters. The van der Waals surface area contributed by atoms with Gasteiger partial charge in [-0.05, 0) is 36.4 Å². The molecule has 0 atom stereocenters. The van der Waals surface area contributed by atoms with Crippen LogP contribution in [-0.2, 0) is 0 Å². The number of aromatic nitrogens is 3. The van der Waals surface area contributed by atoms with Gasteiger partial charge >= 0.3 is 0 Å². The number of nitrogen functional groups attached to an aromatic ring is 1. The molecule has 2 aromatic carbocycles. The largest absolute Gasteiger partial charge is 0.382 e. The third-order valence-corrected chi connectivity index (χ3v) is 4.27. The average Bonchev–Trinajstić information content (AvgIpc) is 3.16. The van der Waals surface area contributed by atoms with E-state index in [0.29, 0.717) is 11.5 Å². The van der Waals surface area contributed by atoms with Crippen molar-refractivity contribution in [1.82, 2.24) is 14.5 Å². The minimum Gasteiger partial charge on any atom is -0.382 e. The molecular formula is C18H13BrN6. The van der Waals surface area contributed by atoms with Gasteiger partial charge in [0.15, 0.2) is 5.82 Å². The molecule has 4 aromatic rings. The van der Waals surface area contributed by atoms with E-state index >= 15 is 0 Å². The van der Waals surface area contributed by atoms with Crippen LogP contribution in [0, 0.1) is 0 Å². The van der Waals surface area contributed by atoms with Crippen LogP contribution >= 0.6 is 15.9 Å². The summed E-state index contributed by atoms with van der Waals surface area (Å²) in [6, 6.07) is 13.6. The van der Waals surface area contributed by atoms with Crippen molar-refractivity contribution >= 4 is 43.9 Å². The number of imidazole rings is 1. The second-order valence-corrected chi connectivity index (χ2v) is 6.33. The van der Waals surface area contributed by atoms with Crippen LogP contribution in [0.2, 0.25) is 0 Å². The standard InChI is InChI=1S/C18H13BrN6/c19-13-2-1-12-10-22-18(20)17(16(12)9-13)24-23-14-3-5-15(6-4-14)25-8-7-21-11-25/h1-11H,(H2,20,22). The molecule has 7 heteroatoms. The molecule has 2 heterocycles. The molecule has 0 fully saturated rings. The number of pyridine rings is 1. The first kappa shape index (κ1) is 15.5. The Morgan fingerprint density at radius 1 is 1.04 bits per heavy atom. The second-order valence-electron chi connectivity index (χ2n) is 5.41. The molecule has 0 aliphatic heterocycles. The van der Waals surface area contributed by atoms with Crippen LogP contribution in [0.3, 0.4) is 0 Å². The number of azo groups is 1. The summed E-state index contributed by atoms with van der Waals surface area (Å²) in [5.41, 5.74) is 8.30. The summed E-state index contributed by atoms with van der Waals surface area (Å²) in [5.74, 6) is 0.351. The maximum Gasteiger partial charge on any atom is 0.151 e. The molecule has 0 saturated carbocycles. The lowest BCUT2D eigenvalue weighted by molar-refractivity contribution is 1.06. The van der Waals surface area contributed by atoms with Crippen LogP contribution in [0.15, 0.2) is 82.1 Å². The van der Waals surface area contributed by atoms with Gasteiger partial charge in [0.2, 0.25) is 0 Å². The van der Waals surface area contributed by atoms with Crippen LogP contribution < -0.4 is 5.73 Å². The zero-order valence-corrected chi connectivity index (χ0v) is 14.6. The van der Waals surface area contributed by atoms with Crippen LogP contribution in [0.5, 0.6) is 0 Å². The summed E-state index contributed by atoms with van der Waals surface area (Å²) in [7, 11) is 0. The van der Waals surface area contributed by atoms with Crippen molar-refractivity contribution in [2.75, 3.05) is 5.73 Å². The first-order valence-electron chi connectivity index (χ1n) is 7.54. The first-order valence-corrected chi connectivity index (χ1v) is 8.34. The Balaban J connectivity index is 1.69. The predicted molar refractivity (Wildman–Crippen MR) is 102 cm³/mol. The number of fused-ring (bicyclic) bond motifs is 1. The molecular weight excluding hydrogens is 380 g/mol. The molecule has 2 aromatic heterocycles. The van der Waals surface area contributed by atoms with Crippen LogP contribution in [0.25, 0.3) is 16.5 Å². The van der Waals surface area contributed by atoms with E-state index in [2.05, 4.69) is 36.1 Å². The van der Waals surface area contributed by atoms with E-state index in [1.807, 2.05) is 53.2 Å². The van der Waals surface area contributed by atoms with Crippen molar-refractivity contribution < 1.29 is 0 Å². The lowest BCUT2D eigenvalue weighted by Gasteiger charge is -2.05. The number of hydrogen-bond acceptors (Lipinski definition) is 5. The van der Waals surface area contributed by atoms with Crippen molar-refractivity contribution in [2.24, 2.45) is 10.2 Å². The van der Waals surface area contributed by atoms with E-state index in [9.17, 15) is 0 Å². The van der Waals surface area contributed by atoms with Gasteiger partial charge < -0.3 is 10.3 Å². The van der Waals surface area contributed by atoms with E-state index < -0.39 is 0 Å². The van der Waals surface area contributed by atoms with E-state index in [1.165, 1.54) is 0 Å². The molecule has 4 rings (SSSR count). The molecule has 0 bridgehead atoms. The van der Waals surface area contributed by atoms with Crippen molar-refractivity contribution in [3.63, 3.8) is 0 Å². The third-order valence-electron chi connectivity index (χ3n) is 3.77. The summed E-state index contributed by atoms with van der Waals surface area (Å²) in [5, 5.41) is 10.5. The summed E-state index contributed by atoms with van der Waals surface area (Å²) in [6.07, 6.45) is 7.10. The third kappa shape index (κ3) is 3.14. The summed E-state index contributed by atoms with van der Waals surface area (Å²) < 4.78 is 2.87. The number of nitrogens with two attached hydrogens (primary N) is 1. The molecule has 0 aliphatic rings. The molecule has 122 valence electrons. The first-order chi connectivity index (χ1) is 12.2. The number of benzene rings is 2. The van der Waals surface area contributed by atoms with E-state index in [0.717, 1.165) is 26.6 Å². The Morgan fingerprint density at radius 3 is 2.64 bits per heavy atom. The van der Waals surface area contributed by atoms with E-state index in [1.54, 1.807) is 18.7 Å². The maximum absolute atomic E-state index is 6.00. The predicted octanol–water partition coefficient (Wildman–Crippen LogP) is 5.18. The highest BCUT2D eigenvalue weighted by molar-refractivity contribution is 9.10. The van der Waals surface area contributed by atoms with E-state index in [4.69, 9.17) is 5.73 Å². The van der Waals surface area contributed by atoms with Crippen molar-refractivity contribution in [2.45, 2.75) is 0 Å². The average molecular weight is 393 g/mol. The van der Waals surface area contributed by atoms with Gasteiger partial charge in [0.05, 0.1) is 12.0 Å². The topological polar surface area (TPSA) is 81.5 Å². The summed E-state index contributed by atoms with van der Waals surface area (Å²) in [4.78, 5) is 8.23. The lowest BCUT2D eigenvalue weighted by atomic mass is 10.1. The highest BCUT2D eigenvalue weighted by atomic mass is 79.9. The maximum atomic E-state index is 6.00. The summed E-state index contributed by atoms with van der Waals surface area (Å²) in [6.45, 7) is 0. The second kappa shape index (κ2) is 6.45. The van der Waals surface area contributed by atoms with E-state index in [-0.39, 0.29) is 0 Å².